The number of amides is 3. The highest BCUT2D eigenvalue weighted by molar-refractivity contribution is 6.08. The Hall–Kier alpha value is -2.83. The third-order valence-corrected chi connectivity index (χ3v) is 7.10. The Labute approximate surface area is 175 Å². The van der Waals surface area contributed by atoms with Crippen molar-refractivity contribution < 1.29 is 19.1 Å². The first-order chi connectivity index (χ1) is 14.5. The van der Waals surface area contributed by atoms with Crippen LogP contribution in [0, 0.1) is 5.41 Å². The Bertz CT molecular complexity index is 1030. The number of H-pyrrole nitrogens is 1. The minimum absolute atomic E-state index is 0.145. The van der Waals surface area contributed by atoms with Crippen LogP contribution in [0.5, 0.6) is 5.75 Å². The van der Waals surface area contributed by atoms with E-state index in [1.54, 1.807) is 7.11 Å². The van der Waals surface area contributed by atoms with Crippen LogP contribution in [-0.4, -0.2) is 41.3 Å². The lowest BCUT2D eigenvalue weighted by molar-refractivity contribution is -0.145. The van der Waals surface area contributed by atoms with E-state index < -0.39 is 5.41 Å². The molecule has 1 atom stereocenters. The maximum Gasteiger partial charge on any atom is 0.240 e. The van der Waals surface area contributed by atoms with Crippen LogP contribution in [0.1, 0.15) is 62.2 Å². The largest absolute Gasteiger partial charge is 0.497 e. The van der Waals surface area contributed by atoms with Crippen molar-refractivity contribution in [1.29, 1.82) is 0 Å². The fourth-order valence-corrected chi connectivity index (χ4v) is 5.56. The summed E-state index contributed by atoms with van der Waals surface area (Å²) in [7, 11) is 1.65. The normalized spacial score (nSPS) is 22.7. The second-order valence-corrected chi connectivity index (χ2v) is 8.89. The van der Waals surface area contributed by atoms with E-state index >= 15 is 0 Å². The molecule has 7 nitrogen and oxygen atoms in total. The standard InChI is InChI=1S/C23H27N3O4/c1-30-14-7-8-17-16(11-14)15-5-4-6-18(21(15)25-17)24-19(27)13-26-20(28)12-23(22(26)29)9-2-3-10-23/h7-8,11,18,25H,2-6,9-10,12-13H2,1H3,(H,24,27)/t18-/m1/s1. The summed E-state index contributed by atoms with van der Waals surface area (Å²) >= 11 is 0. The van der Waals surface area contributed by atoms with Crippen molar-refractivity contribution >= 4 is 28.6 Å². The maximum absolute atomic E-state index is 12.9. The van der Waals surface area contributed by atoms with Crippen LogP contribution in [0.25, 0.3) is 10.9 Å². The molecular formula is C23H27N3O4. The molecule has 2 aromatic rings. The molecule has 2 heterocycles. The Kier molecular flexibility index (Phi) is 4.56. The topological polar surface area (TPSA) is 91.5 Å². The molecule has 1 spiro atoms. The predicted molar refractivity (Wildman–Crippen MR) is 111 cm³/mol. The molecule has 1 saturated carbocycles. The number of hydrogen-bond acceptors (Lipinski definition) is 4. The lowest BCUT2D eigenvalue weighted by atomic mass is 9.84. The molecule has 0 radical (unpaired) electrons. The third kappa shape index (κ3) is 2.99. The Morgan fingerprint density at radius 1 is 1.27 bits per heavy atom. The number of methoxy groups -OCH3 is 1. The van der Waals surface area contributed by atoms with E-state index in [-0.39, 0.29) is 36.7 Å². The van der Waals surface area contributed by atoms with E-state index in [1.165, 1.54) is 10.5 Å². The second-order valence-electron chi connectivity index (χ2n) is 8.89. The highest BCUT2D eigenvalue weighted by atomic mass is 16.5. The molecule has 158 valence electrons. The maximum atomic E-state index is 12.9. The van der Waals surface area contributed by atoms with Gasteiger partial charge in [0.2, 0.25) is 17.7 Å². The Morgan fingerprint density at radius 3 is 2.83 bits per heavy atom. The molecule has 7 heteroatoms. The van der Waals surface area contributed by atoms with E-state index in [2.05, 4.69) is 10.3 Å². The van der Waals surface area contributed by atoms with Crippen LogP contribution in [0.2, 0.25) is 0 Å². The molecule has 0 bridgehead atoms. The lowest BCUT2D eigenvalue weighted by Gasteiger charge is -2.25. The molecule has 3 amide bonds. The summed E-state index contributed by atoms with van der Waals surface area (Å²) in [6.45, 7) is -0.181. The second kappa shape index (κ2) is 7.15. The number of aromatic nitrogens is 1. The van der Waals surface area contributed by atoms with Crippen molar-refractivity contribution in [2.75, 3.05) is 13.7 Å². The van der Waals surface area contributed by atoms with Gasteiger partial charge in [0.15, 0.2) is 0 Å². The third-order valence-electron chi connectivity index (χ3n) is 7.10. The molecule has 3 aliphatic rings. The Morgan fingerprint density at radius 2 is 2.07 bits per heavy atom. The van der Waals surface area contributed by atoms with Gasteiger partial charge in [0, 0.05) is 23.0 Å². The van der Waals surface area contributed by atoms with E-state index in [0.717, 1.165) is 67.3 Å². The monoisotopic (exact) mass is 409 g/mol. The smallest absolute Gasteiger partial charge is 0.240 e. The van der Waals surface area contributed by atoms with Crippen molar-refractivity contribution in [3.05, 3.63) is 29.5 Å². The molecule has 1 aliphatic heterocycles. The zero-order chi connectivity index (χ0) is 20.9. The van der Waals surface area contributed by atoms with E-state index in [0.29, 0.717) is 0 Å². The number of hydrogen-bond donors (Lipinski definition) is 2. The molecular weight excluding hydrogens is 382 g/mol. The van der Waals surface area contributed by atoms with Crippen molar-refractivity contribution in [3.8, 4) is 5.75 Å². The van der Waals surface area contributed by atoms with Crippen LogP contribution in [0.15, 0.2) is 18.2 Å². The van der Waals surface area contributed by atoms with Gasteiger partial charge in [-0.05, 0) is 55.9 Å². The first-order valence-corrected chi connectivity index (χ1v) is 10.8. The molecule has 30 heavy (non-hydrogen) atoms. The van der Waals surface area contributed by atoms with Crippen molar-refractivity contribution in [2.24, 2.45) is 5.41 Å². The number of nitrogens with one attached hydrogen (secondary N) is 2. The van der Waals surface area contributed by atoms with Crippen molar-refractivity contribution in [3.63, 3.8) is 0 Å². The molecule has 2 aliphatic carbocycles. The van der Waals surface area contributed by atoms with Gasteiger partial charge in [0.25, 0.3) is 0 Å². The van der Waals surface area contributed by atoms with Crippen LogP contribution in [-0.2, 0) is 20.8 Å². The number of aromatic amines is 1. The predicted octanol–water partition coefficient (Wildman–Crippen LogP) is 2.99. The molecule has 1 aromatic carbocycles. The number of carbonyl (C=O) groups is 3. The summed E-state index contributed by atoms with van der Waals surface area (Å²) in [5.74, 6) is 0.171. The zero-order valence-corrected chi connectivity index (χ0v) is 17.3. The van der Waals surface area contributed by atoms with Crippen molar-refractivity contribution in [1.82, 2.24) is 15.2 Å². The van der Waals surface area contributed by atoms with Gasteiger partial charge in [-0.2, -0.15) is 0 Å². The van der Waals surface area contributed by atoms with Gasteiger partial charge < -0.3 is 15.0 Å². The van der Waals surface area contributed by atoms with Crippen LogP contribution in [0.3, 0.4) is 0 Å². The summed E-state index contributed by atoms with van der Waals surface area (Å²) in [6, 6.07) is 5.79. The molecule has 1 aromatic heterocycles. The Balaban J connectivity index is 1.33. The minimum Gasteiger partial charge on any atom is -0.497 e. The number of fused-ring (bicyclic) bond motifs is 3. The van der Waals surface area contributed by atoms with Gasteiger partial charge in [0.05, 0.1) is 18.6 Å². The number of benzene rings is 1. The van der Waals surface area contributed by atoms with Gasteiger partial charge >= 0.3 is 0 Å². The highest BCUT2D eigenvalue weighted by Gasteiger charge is 2.52. The summed E-state index contributed by atoms with van der Waals surface area (Å²) in [6.07, 6.45) is 6.49. The quantitative estimate of drug-likeness (QED) is 0.760. The lowest BCUT2D eigenvalue weighted by Crippen LogP contribution is -2.43. The van der Waals surface area contributed by atoms with Gasteiger partial charge in [-0.25, -0.2) is 0 Å². The molecule has 1 saturated heterocycles. The summed E-state index contributed by atoms with van der Waals surface area (Å²) in [5, 5.41) is 4.19. The van der Waals surface area contributed by atoms with Crippen LogP contribution >= 0.6 is 0 Å². The fraction of sp³-hybridized carbons (Fsp3) is 0.522. The van der Waals surface area contributed by atoms with Crippen molar-refractivity contribution in [2.45, 2.75) is 57.4 Å². The number of imide groups is 1. The van der Waals surface area contributed by atoms with Gasteiger partial charge in [-0.15, -0.1) is 0 Å². The van der Waals surface area contributed by atoms with Gasteiger partial charge in [-0.1, -0.05) is 12.8 Å². The zero-order valence-electron chi connectivity index (χ0n) is 17.3. The molecule has 5 rings (SSSR count). The van der Waals surface area contributed by atoms with E-state index in [4.69, 9.17) is 4.74 Å². The summed E-state index contributed by atoms with van der Waals surface area (Å²) in [4.78, 5) is 42.7. The SMILES string of the molecule is COc1ccc2[nH]c3c(c2c1)CCC[C@H]3NC(=O)CN1C(=O)CC2(CCCC2)C1=O. The highest BCUT2D eigenvalue weighted by Crippen LogP contribution is 2.46. The van der Waals surface area contributed by atoms with E-state index in [1.807, 2.05) is 18.2 Å². The van der Waals surface area contributed by atoms with E-state index in [9.17, 15) is 14.4 Å². The van der Waals surface area contributed by atoms with Gasteiger partial charge in [-0.3, -0.25) is 19.3 Å². The number of ether oxygens (including phenoxy) is 1. The number of rotatable bonds is 4. The first kappa shape index (κ1) is 19.2. The minimum atomic E-state index is -0.536. The van der Waals surface area contributed by atoms with Gasteiger partial charge in [0.1, 0.15) is 12.3 Å². The first-order valence-electron chi connectivity index (χ1n) is 10.8. The average Bonchev–Trinajstić information content (AvgIpc) is 3.42. The average molecular weight is 409 g/mol. The summed E-state index contributed by atoms with van der Waals surface area (Å²) < 4.78 is 5.36. The molecule has 2 fully saturated rings. The number of carbonyl (C=O) groups excluding carboxylic acids is 3. The van der Waals surface area contributed by atoms with Crippen LogP contribution in [0.4, 0.5) is 0 Å². The molecule has 0 unspecified atom stereocenters. The van der Waals surface area contributed by atoms with Crippen LogP contribution < -0.4 is 10.1 Å². The summed E-state index contributed by atoms with van der Waals surface area (Å²) in [5.41, 5.74) is 2.71. The fourth-order valence-electron chi connectivity index (χ4n) is 5.56. The number of likely N-dealkylation sites (tertiary alicyclic amines) is 1. The number of aryl methyl sites for hydroxylation is 1. The molecule has 2 N–H and O–H groups in total. The number of nitrogens with zero attached hydrogens (tertiary/aromatic N) is 1.